The summed E-state index contributed by atoms with van der Waals surface area (Å²) >= 11 is 0. The fourth-order valence-corrected chi connectivity index (χ4v) is 9.58. The summed E-state index contributed by atoms with van der Waals surface area (Å²) in [5.41, 5.74) is 7.51. The van der Waals surface area contributed by atoms with Crippen molar-refractivity contribution in [3.63, 3.8) is 0 Å². The molecule has 0 aromatic rings. The Bertz CT molecular complexity index is 1070. The number of aliphatic hydroxyl groups excluding tert-OH is 2. The summed E-state index contributed by atoms with van der Waals surface area (Å²) in [7, 11) is 0. The third kappa shape index (κ3) is 4.20. The lowest BCUT2D eigenvalue weighted by Gasteiger charge is -2.70. The van der Waals surface area contributed by atoms with Crippen LogP contribution < -0.4 is 5.73 Å². The molecule has 212 valence electrons. The molecule has 4 rings (SSSR count). The molecule has 0 radical (unpaired) electrons. The fourth-order valence-electron chi connectivity index (χ4n) is 9.58. The third-order valence-electron chi connectivity index (χ3n) is 11.4. The SMILES string of the molecule is CC(=O)O[C@H]1C[C@@]2(C)[C@H](/C1=C(\C=C/C=C(C)C)C(=O)O)[C@@H](N)[C@@H](O)[C@H]1[C@@]3(C)CC[C@@H](O)[C@@H](C)[C@@H]3CC[C@@]12C. The molecule has 0 spiro atoms. The lowest BCUT2D eigenvalue weighted by atomic mass is 9.36. The Balaban J connectivity index is 1.91. The quantitative estimate of drug-likeness (QED) is 0.242. The number of ether oxygens (including phenoxy) is 1. The van der Waals surface area contributed by atoms with E-state index >= 15 is 0 Å². The number of allylic oxidation sites excluding steroid dienone is 3. The topological polar surface area (TPSA) is 130 Å². The van der Waals surface area contributed by atoms with E-state index in [0.29, 0.717) is 18.4 Å². The van der Waals surface area contributed by atoms with Gasteiger partial charge in [-0.15, -0.1) is 0 Å². The zero-order chi connectivity index (χ0) is 28.4. The second-order valence-electron chi connectivity index (χ2n) is 13.6. The van der Waals surface area contributed by atoms with Crippen molar-refractivity contribution in [1.82, 2.24) is 0 Å². The van der Waals surface area contributed by atoms with Gasteiger partial charge < -0.3 is 25.8 Å². The van der Waals surface area contributed by atoms with Crippen LogP contribution in [-0.4, -0.2) is 51.6 Å². The van der Waals surface area contributed by atoms with Gasteiger partial charge in [0, 0.05) is 18.9 Å². The summed E-state index contributed by atoms with van der Waals surface area (Å²) in [4.78, 5) is 24.9. The smallest absolute Gasteiger partial charge is 0.335 e. The van der Waals surface area contributed by atoms with E-state index in [9.17, 15) is 24.9 Å². The average Bonchev–Trinajstić information content (AvgIpc) is 3.10. The Labute approximate surface area is 227 Å². The molecule has 4 saturated carbocycles. The normalized spacial score (nSPS) is 47.5. The first-order chi connectivity index (χ1) is 17.6. The van der Waals surface area contributed by atoms with Crippen LogP contribution in [-0.2, 0) is 14.3 Å². The second-order valence-corrected chi connectivity index (χ2v) is 13.6. The van der Waals surface area contributed by atoms with Crippen molar-refractivity contribution in [3.8, 4) is 0 Å². The Morgan fingerprint density at radius 1 is 1.05 bits per heavy atom. The summed E-state index contributed by atoms with van der Waals surface area (Å²) in [6.07, 6.45) is 6.95. The molecule has 4 fully saturated rings. The molecular weight excluding hydrogens is 482 g/mol. The summed E-state index contributed by atoms with van der Waals surface area (Å²) in [6, 6.07) is -0.711. The van der Waals surface area contributed by atoms with Crippen molar-refractivity contribution in [2.24, 2.45) is 45.7 Å². The number of carboxylic acid groups (broad SMARTS) is 1. The lowest BCUT2D eigenvalue weighted by molar-refractivity contribution is -0.239. The molecule has 0 aliphatic heterocycles. The number of esters is 1. The fraction of sp³-hybridized carbons (Fsp3) is 0.742. The van der Waals surface area contributed by atoms with Gasteiger partial charge in [0.1, 0.15) is 6.10 Å². The Kier molecular flexibility index (Phi) is 7.56. The van der Waals surface area contributed by atoms with E-state index in [-0.39, 0.29) is 40.3 Å². The second kappa shape index (κ2) is 9.90. The minimum Gasteiger partial charge on any atom is -0.478 e. The molecule has 11 atom stereocenters. The molecule has 4 aliphatic carbocycles. The van der Waals surface area contributed by atoms with E-state index in [1.54, 1.807) is 12.2 Å². The number of carbonyl (C=O) groups is 2. The number of aliphatic carboxylic acids is 1. The van der Waals surface area contributed by atoms with Gasteiger partial charge in [-0.25, -0.2) is 4.79 Å². The van der Waals surface area contributed by atoms with Crippen molar-refractivity contribution >= 4 is 11.9 Å². The van der Waals surface area contributed by atoms with Gasteiger partial charge in [0.15, 0.2) is 0 Å². The van der Waals surface area contributed by atoms with Gasteiger partial charge in [-0.2, -0.15) is 0 Å². The number of carboxylic acids is 1. The third-order valence-corrected chi connectivity index (χ3v) is 11.4. The maximum atomic E-state index is 12.6. The first kappa shape index (κ1) is 29.0. The highest BCUT2D eigenvalue weighted by atomic mass is 16.5. The zero-order valence-corrected chi connectivity index (χ0v) is 24.0. The van der Waals surface area contributed by atoms with Crippen LogP contribution in [0.25, 0.3) is 0 Å². The summed E-state index contributed by atoms with van der Waals surface area (Å²) in [6.45, 7) is 14.0. The maximum Gasteiger partial charge on any atom is 0.335 e. The van der Waals surface area contributed by atoms with Crippen LogP contribution in [0.2, 0.25) is 0 Å². The number of nitrogens with two attached hydrogens (primary N) is 1. The first-order valence-corrected chi connectivity index (χ1v) is 14.2. The Hall–Kier alpha value is -1.96. The van der Waals surface area contributed by atoms with E-state index in [1.165, 1.54) is 6.92 Å². The molecular formula is C31H47NO6. The van der Waals surface area contributed by atoms with Crippen LogP contribution >= 0.6 is 0 Å². The van der Waals surface area contributed by atoms with Crippen LogP contribution in [0, 0.1) is 39.9 Å². The highest BCUT2D eigenvalue weighted by Gasteiger charge is 2.72. The van der Waals surface area contributed by atoms with Crippen LogP contribution in [0.5, 0.6) is 0 Å². The predicted molar refractivity (Wildman–Crippen MR) is 146 cm³/mol. The molecule has 7 nitrogen and oxygen atoms in total. The summed E-state index contributed by atoms with van der Waals surface area (Å²) < 4.78 is 5.83. The van der Waals surface area contributed by atoms with Crippen LogP contribution in [0.4, 0.5) is 0 Å². The zero-order valence-electron chi connectivity index (χ0n) is 24.0. The van der Waals surface area contributed by atoms with E-state index in [1.807, 2.05) is 19.9 Å². The van der Waals surface area contributed by atoms with Crippen molar-refractivity contribution in [1.29, 1.82) is 0 Å². The molecule has 0 unspecified atom stereocenters. The van der Waals surface area contributed by atoms with Crippen LogP contribution in [0.15, 0.2) is 34.9 Å². The first-order valence-electron chi connectivity index (χ1n) is 14.2. The minimum absolute atomic E-state index is 0.0847. The highest BCUT2D eigenvalue weighted by Crippen LogP contribution is 2.74. The monoisotopic (exact) mass is 529 g/mol. The van der Waals surface area contributed by atoms with Gasteiger partial charge in [0.25, 0.3) is 0 Å². The van der Waals surface area contributed by atoms with Crippen molar-refractivity contribution in [2.75, 3.05) is 0 Å². The predicted octanol–water partition coefficient (Wildman–Crippen LogP) is 4.38. The van der Waals surface area contributed by atoms with Crippen LogP contribution in [0.3, 0.4) is 0 Å². The van der Waals surface area contributed by atoms with Gasteiger partial charge >= 0.3 is 11.9 Å². The molecule has 0 aromatic carbocycles. The highest BCUT2D eigenvalue weighted by molar-refractivity contribution is 5.91. The van der Waals surface area contributed by atoms with Crippen molar-refractivity contribution in [3.05, 3.63) is 34.9 Å². The van der Waals surface area contributed by atoms with Gasteiger partial charge in [-0.05, 0) is 91.6 Å². The average molecular weight is 530 g/mol. The molecule has 0 bridgehead atoms. The Morgan fingerprint density at radius 3 is 2.29 bits per heavy atom. The standard InChI is InChI=1S/C31H47NO6/c1-16(2)9-8-10-19(28(36)37)23-22(38-18(4)33)15-31(7)24(23)25(32)26(35)27-29(5)13-12-21(34)17(3)20(29)11-14-30(27,31)6/h8-10,17,20-22,24-27,34-35H,11-15,32H2,1-7H3,(H,36,37)/b10-8-,23-19+/t17-,20-,21+,22-,24+,25+,26+,27-,29-,30-,31-/m0/s1. The van der Waals surface area contributed by atoms with Crippen molar-refractivity contribution < 1.29 is 29.6 Å². The van der Waals surface area contributed by atoms with Gasteiger partial charge in [0.05, 0.1) is 17.8 Å². The van der Waals surface area contributed by atoms with Crippen LogP contribution in [0.1, 0.15) is 80.6 Å². The lowest BCUT2D eigenvalue weighted by Crippen LogP contribution is -2.71. The Morgan fingerprint density at radius 2 is 1.71 bits per heavy atom. The molecule has 38 heavy (non-hydrogen) atoms. The maximum absolute atomic E-state index is 12.6. The number of fused-ring (bicyclic) bond motifs is 5. The van der Waals surface area contributed by atoms with E-state index < -0.39 is 41.5 Å². The molecule has 4 aliphatic rings. The number of carbonyl (C=O) groups excluding carboxylic acids is 1. The number of aliphatic hydroxyl groups is 2. The van der Waals surface area contributed by atoms with Gasteiger partial charge in [0.2, 0.25) is 0 Å². The van der Waals surface area contributed by atoms with E-state index in [0.717, 1.165) is 24.8 Å². The van der Waals surface area contributed by atoms with E-state index in [4.69, 9.17) is 10.5 Å². The number of rotatable bonds is 4. The number of hydrogen-bond donors (Lipinski definition) is 4. The van der Waals surface area contributed by atoms with E-state index in [2.05, 4.69) is 27.7 Å². The minimum atomic E-state index is -1.10. The molecule has 5 N–H and O–H groups in total. The molecule has 0 saturated heterocycles. The van der Waals surface area contributed by atoms with Gasteiger partial charge in [-0.3, -0.25) is 4.79 Å². The summed E-state index contributed by atoms with van der Waals surface area (Å²) in [5, 5.41) is 33.0. The van der Waals surface area contributed by atoms with Crippen molar-refractivity contribution in [2.45, 2.75) is 105 Å². The largest absolute Gasteiger partial charge is 0.478 e. The number of hydrogen-bond acceptors (Lipinski definition) is 6. The molecule has 0 heterocycles. The van der Waals surface area contributed by atoms with Gasteiger partial charge in [-0.1, -0.05) is 45.4 Å². The molecule has 7 heteroatoms. The molecule has 0 aromatic heterocycles. The summed E-state index contributed by atoms with van der Waals surface area (Å²) in [5.74, 6) is -1.73. The molecule has 0 amide bonds.